The second kappa shape index (κ2) is 11.1. The van der Waals surface area contributed by atoms with E-state index in [1.807, 2.05) is 37.7 Å². The van der Waals surface area contributed by atoms with Gasteiger partial charge in [-0.3, -0.25) is 14.4 Å². The molecular weight excluding hydrogens is 520 g/mol. The minimum absolute atomic E-state index is 0.00103. The van der Waals surface area contributed by atoms with E-state index in [-0.39, 0.29) is 29.5 Å². The Hall–Kier alpha value is -3.96. The van der Waals surface area contributed by atoms with E-state index < -0.39 is 0 Å². The van der Waals surface area contributed by atoms with Crippen molar-refractivity contribution in [3.05, 3.63) is 65.2 Å². The van der Waals surface area contributed by atoms with Crippen LogP contribution < -0.4 is 5.32 Å². The number of aromatic nitrogens is 6. The minimum Gasteiger partial charge on any atom is -0.395 e. The van der Waals surface area contributed by atoms with E-state index in [1.54, 1.807) is 6.20 Å². The van der Waals surface area contributed by atoms with Gasteiger partial charge in [0.1, 0.15) is 0 Å². The molecule has 0 aliphatic carbocycles. The molecule has 4 aromatic rings. The van der Waals surface area contributed by atoms with Crippen LogP contribution in [0.15, 0.2) is 41.2 Å². The number of benzene rings is 1. The number of hydrogen-bond donors (Lipinski definition) is 2. The summed E-state index contributed by atoms with van der Waals surface area (Å²) in [6.07, 6.45) is 6.77. The van der Waals surface area contributed by atoms with Crippen LogP contribution in [0.2, 0.25) is 0 Å². The molecule has 2 N–H and O–H groups in total. The highest BCUT2D eigenvalue weighted by atomic mass is 16.5. The molecule has 0 radical (unpaired) electrons. The van der Waals surface area contributed by atoms with E-state index >= 15 is 0 Å². The topological polar surface area (TPSA) is 135 Å². The first-order chi connectivity index (χ1) is 19.8. The average molecular weight is 557 g/mol. The molecule has 0 spiro atoms. The summed E-state index contributed by atoms with van der Waals surface area (Å²) in [5, 5.41) is 21.4. The van der Waals surface area contributed by atoms with E-state index in [1.165, 1.54) is 5.69 Å². The van der Waals surface area contributed by atoms with Gasteiger partial charge in [-0.2, -0.15) is 10.1 Å². The lowest BCUT2D eigenvalue weighted by molar-refractivity contribution is 0.0957. The molecule has 3 aromatic heterocycles. The van der Waals surface area contributed by atoms with E-state index in [0.717, 1.165) is 60.4 Å². The van der Waals surface area contributed by atoms with Gasteiger partial charge in [-0.05, 0) is 55.0 Å². The van der Waals surface area contributed by atoms with Gasteiger partial charge in [0.05, 0.1) is 29.9 Å². The van der Waals surface area contributed by atoms with Crippen LogP contribution in [0, 0.1) is 0 Å². The third kappa shape index (κ3) is 5.77. The number of nitrogens with zero attached hydrogens (tertiary/aromatic N) is 7. The SMILES string of the molecule is CC(C)(C)c1nc(C(=O)C[C@@H]2CCN(CCO)Cc3cc(-c4ccnc(Nc5cnn6c5CCC6)n4)ccc32)no1. The number of carbonyl (C=O) groups excluding carboxylic acids is 1. The smallest absolute Gasteiger partial charge is 0.238 e. The highest BCUT2D eigenvalue weighted by molar-refractivity contribution is 5.93. The zero-order valence-electron chi connectivity index (χ0n) is 23.8. The molecule has 0 unspecified atom stereocenters. The van der Waals surface area contributed by atoms with Crippen LogP contribution in [0.4, 0.5) is 11.6 Å². The summed E-state index contributed by atoms with van der Waals surface area (Å²) in [4.78, 5) is 29.1. The van der Waals surface area contributed by atoms with E-state index in [9.17, 15) is 9.90 Å². The Morgan fingerprint density at radius 2 is 2.07 bits per heavy atom. The molecule has 41 heavy (non-hydrogen) atoms. The second-order valence-corrected chi connectivity index (χ2v) is 11.9. The summed E-state index contributed by atoms with van der Waals surface area (Å²) in [5.41, 5.74) is 5.84. The number of carbonyl (C=O) groups is 1. The Morgan fingerprint density at radius 3 is 2.88 bits per heavy atom. The van der Waals surface area contributed by atoms with Crippen LogP contribution in [-0.2, 0) is 24.9 Å². The number of nitrogens with one attached hydrogen (secondary N) is 1. The number of fused-ring (bicyclic) bond motifs is 2. The average Bonchev–Trinajstić information content (AvgIpc) is 3.68. The first-order valence-corrected chi connectivity index (χ1v) is 14.3. The number of anilines is 2. The first-order valence-electron chi connectivity index (χ1n) is 14.3. The molecule has 0 saturated carbocycles. The molecule has 2 aliphatic heterocycles. The van der Waals surface area contributed by atoms with Crippen LogP contribution >= 0.6 is 0 Å². The first kappa shape index (κ1) is 27.2. The van der Waals surface area contributed by atoms with Gasteiger partial charge in [0, 0.05) is 43.2 Å². The number of β-amino-alcohol motifs (C(OH)–C–C–N with tert-alkyl or cyclic N) is 1. The summed E-state index contributed by atoms with van der Waals surface area (Å²) in [6, 6.07) is 8.23. The van der Waals surface area contributed by atoms with Gasteiger partial charge in [-0.15, -0.1) is 0 Å². The molecule has 214 valence electrons. The number of aliphatic hydroxyl groups excluding tert-OH is 1. The molecule has 1 aromatic carbocycles. The fraction of sp³-hybridized carbons (Fsp3) is 0.467. The molecule has 0 saturated heterocycles. The lowest BCUT2D eigenvalue weighted by Crippen LogP contribution is -2.26. The summed E-state index contributed by atoms with van der Waals surface area (Å²) in [5.74, 6) is 0.990. The van der Waals surface area contributed by atoms with Crippen molar-refractivity contribution in [1.29, 1.82) is 0 Å². The third-order valence-electron chi connectivity index (χ3n) is 7.87. The predicted octanol–water partition coefficient (Wildman–Crippen LogP) is 4.27. The number of rotatable bonds is 8. The Bertz CT molecular complexity index is 1550. The van der Waals surface area contributed by atoms with Gasteiger partial charge >= 0.3 is 0 Å². The zero-order valence-corrected chi connectivity index (χ0v) is 23.8. The van der Waals surface area contributed by atoms with Crippen molar-refractivity contribution in [3.63, 3.8) is 0 Å². The minimum atomic E-state index is -0.322. The van der Waals surface area contributed by atoms with Crippen LogP contribution in [-0.4, -0.2) is 65.4 Å². The number of aryl methyl sites for hydroxylation is 1. The van der Waals surface area contributed by atoms with Crippen LogP contribution in [0.3, 0.4) is 0 Å². The van der Waals surface area contributed by atoms with E-state index in [2.05, 4.69) is 48.6 Å². The largest absolute Gasteiger partial charge is 0.395 e. The Balaban J connectivity index is 1.26. The van der Waals surface area contributed by atoms with Crippen molar-refractivity contribution in [3.8, 4) is 11.3 Å². The van der Waals surface area contributed by atoms with Crippen molar-refractivity contribution in [2.24, 2.45) is 0 Å². The lowest BCUT2D eigenvalue weighted by Gasteiger charge is -2.19. The maximum absolute atomic E-state index is 13.2. The number of aliphatic hydroxyl groups is 1. The van der Waals surface area contributed by atoms with Crippen molar-refractivity contribution in [2.75, 3.05) is 25.0 Å². The second-order valence-electron chi connectivity index (χ2n) is 11.9. The quantitative estimate of drug-likeness (QED) is 0.303. The maximum atomic E-state index is 13.2. The van der Waals surface area contributed by atoms with E-state index in [0.29, 0.717) is 31.3 Å². The number of ketones is 1. The molecule has 5 heterocycles. The normalized spacial score (nSPS) is 17.2. The number of hydrogen-bond acceptors (Lipinski definition) is 10. The van der Waals surface area contributed by atoms with Crippen LogP contribution in [0.25, 0.3) is 11.3 Å². The fourth-order valence-corrected chi connectivity index (χ4v) is 5.68. The molecule has 1 atom stereocenters. The molecule has 2 aliphatic rings. The van der Waals surface area contributed by atoms with Crippen molar-refractivity contribution < 1.29 is 14.4 Å². The predicted molar refractivity (Wildman–Crippen MR) is 153 cm³/mol. The molecule has 0 bridgehead atoms. The molecule has 0 fully saturated rings. The Labute approximate surface area is 239 Å². The highest BCUT2D eigenvalue weighted by Crippen LogP contribution is 2.35. The van der Waals surface area contributed by atoms with Crippen LogP contribution in [0.5, 0.6) is 0 Å². The monoisotopic (exact) mass is 556 g/mol. The molecule has 11 heteroatoms. The van der Waals surface area contributed by atoms with Crippen LogP contribution in [0.1, 0.15) is 79.3 Å². The summed E-state index contributed by atoms with van der Waals surface area (Å²) in [6.45, 7) is 8.99. The summed E-state index contributed by atoms with van der Waals surface area (Å²) in [7, 11) is 0. The maximum Gasteiger partial charge on any atom is 0.238 e. The molecule has 11 nitrogen and oxygen atoms in total. The van der Waals surface area contributed by atoms with E-state index in [4.69, 9.17) is 9.51 Å². The summed E-state index contributed by atoms with van der Waals surface area (Å²) < 4.78 is 7.40. The molecule has 0 amide bonds. The van der Waals surface area contributed by atoms with Gasteiger partial charge < -0.3 is 14.9 Å². The number of Topliss-reactive ketones (excluding diaryl/α,β-unsaturated/α-hetero) is 1. The highest BCUT2D eigenvalue weighted by Gasteiger charge is 2.29. The zero-order chi connectivity index (χ0) is 28.6. The Morgan fingerprint density at radius 1 is 1.20 bits per heavy atom. The lowest BCUT2D eigenvalue weighted by atomic mass is 9.87. The van der Waals surface area contributed by atoms with Gasteiger partial charge in [-0.25, -0.2) is 9.97 Å². The molecule has 6 rings (SSSR count). The van der Waals surface area contributed by atoms with Crippen molar-refractivity contribution in [1.82, 2.24) is 34.8 Å². The summed E-state index contributed by atoms with van der Waals surface area (Å²) >= 11 is 0. The molecular formula is C30H36N8O3. The van der Waals surface area contributed by atoms with Gasteiger partial charge in [-0.1, -0.05) is 38.1 Å². The standard InChI is InChI=1S/C30H36N8O3/c1-30(2,3)28-35-27(36-41-28)26(40)16-19-9-12-37(13-14-39)18-21-15-20(6-7-22(19)21)23-8-10-31-29(33-23)34-24-17-32-38-11-4-5-25(24)38/h6-8,10,15,17,19,39H,4-5,9,11-14,16,18H2,1-3H3,(H,31,33,34)/t19-/m0/s1. The van der Waals surface area contributed by atoms with Gasteiger partial charge in [0.2, 0.25) is 23.4 Å². The fourth-order valence-electron chi connectivity index (χ4n) is 5.68. The van der Waals surface area contributed by atoms with Gasteiger partial charge in [0.15, 0.2) is 0 Å². The van der Waals surface area contributed by atoms with Crippen molar-refractivity contribution in [2.45, 2.75) is 70.9 Å². The Kier molecular flexibility index (Phi) is 7.39. The third-order valence-corrected chi connectivity index (χ3v) is 7.87. The van der Waals surface area contributed by atoms with Crippen molar-refractivity contribution >= 4 is 17.4 Å². The van der Waals surface area contributed by atoms with Gasteiger partial charge in [0.25, 0.3) is 0 Å².